The summed E-state index contributed by atoms with van der Waals surface area (Å²) in [6, 6.07) is 15.4. The van der Waals surface area contributed by atoms with Gasteiger partial charge in [0, 0.05) is 29.7 Å². The van der Waals surface area contributed by atoms with Crippen LogP contribution < -0.4 is 10.1 Å². The van der Waals surface area contributed by atoms with Gasteiger partial charge < -0.3 is 19.2 Å². The smallest absolute Gasteiger partial charge is 0.379 e. The molecule has 9 heteroatoms. The number of esters is 2. The maximum Gasteiger partial charge on any atom is 0.379 e. The number of anilines is 1. The number of amides is 1. The Balaban J connectivity index is 1.36. The Morgan fingerprint density at radius 3 is 2.34 bits per heavy atom. The first-order chi connectivity index (χ1) is 16.8. The lowest BCUT2D eigenvalue weighted by Gasteiger charge is -2.07. The molecule has 3 aromatic rings. The van der Waals surface area contributed by atoms with E-state index in [4.69, 9.17) is 13.9 Å². The molecule has 0 bridgehead atoms. The largest absolute Gasteiger partial charge is 0.457 e. The highest BCUT2D eigenvalue weighted by Crippen LogP contribution is 2.16. The molecule has 0 aliphatic rings. The third-order valence-electron chi connectivity index (χ3n) is 4.81. The Bertz CT molecular complexity index is 1210. The van der Waals surface area contributed by atoms with Crippen molar-refractivity contribution in [3.05, 3.63) is 83.8 Å². The van der Waals surface area contributed by atoms with Crippen LogP contribution >= 0.6 is 0 Å². The second-order valence-electron chi connectivity index (χ2n) is 7.51. The third kappa shape index (κ3) is 7.78. The molecule has 0 radical (unpaired) electrons. The van der Waals surface area contributed by atoms with Crippen LogP contribution in [0.4, 0.5) is 5.69 Å². The minimum Gasteiger partial charge on any atom is -0.457 e. The summed E-state index contributed by atoms with van der Waals surface area (Å²) < 4.78 is 15.1. The summed E-state index contributed by atoms with van der Waals surface area (Å²) in [7, 11) is 0. The molecule has 2 aromatic carbocycles. The molecule has 0 spiro atoms. The van der Waals surface area contributed by atoms with Crippen molar-refractivity contribution in [2.24, 2.45) is 0 Å². The predicted octanol–water partition coefficient (Wildman–Crippen LogP) is 4.24. The van der Waals surface area contributed by atoms with Gasteiger partial charge in [-0.05, 0) is 61.9 Å². The summed E-state index contributed by atoms with van der Waals surface area (Å²) in [5.74, 6) is -1.83. The van der Waals surface area contributed by atoms with Crippen molar-refractivity contribution in [1.29, 1.82) is 0 Å². The van der Waals surface area contributed by atoms with Crippen LogP contribution in [0.3, 0.4) is 0 Å². The molecule has 0 aliphatic heterocycles. The summed E-state index contributed by atoms with van der Waals surface area (Å²) in [6.07, 6.45) is 1.63. The van der Waals surface area contributed by atoms with Gasteiger partial charge in [0.15, 0.2) is 18.2 Å². The van der Waals surface area contributed by atoms with Crippen LogP contribution in [0.1, 0.15) is 57.5 Å². The second-order valence-corrected chi connectivity index (χ2v) is 7.51. The maximum atomic E-state index is 12.2. The first-order valence-corrected chi connectivity index (χ1v) is 10.8. The highest BCUT2D eigenvalue weighted by Gasteiger charge is 2.14. The number of hydrogen-bond acceptors (Lipinski definition) is 8. The van der Waals surface area contributed by atoms with Crippen LogP contribution in [0.25, 0.3) is 0 Å². The zero-order chi connectivity index (χ0) is 25.2. The Labute approximate surface area is 201 Å². The standard InChI is InChI=1S/C26H23NO8/c1-17(28)19-5-2-6-20(15-19)27-24(30)8-3-9-25(31)34-16-22(29)18-10-12-21(13-11-18)35-26(32)23-7-4-14-33-23/h2,4-7,10-15H,3,8-9,16H2,1H3,(H,27,30). The van der Waals surface area contributed by atoms with E-state index in [2.05, 4.69) is 5.32 Å². The fraction of sp³-hybridized carbons (Fsp3) is 0.192. The average Bonchev–Trinajstić information content (AvgIpc) is 3.38. The molecule has 0 saturated heterocycles. The number of carbonyl (C=O) groups excluding carboxylic acids is 5. The minimum atomic E-state index is -0.665. The van der Waals surface area contributed by atoms with Crippen LogP contribution in [0.2, 0.25) is 0 Å². The summed E-state index contributed by atoms with van der Waals surface area (Å²) in [5, 5.41) is 2.67. The number of ketones is 2. The van der Waals surface area contributed by atoms with Crippen molar-refractivity contribution in [2.75, 3.05) is 11.9 Å². The molecule has 3 rings (SSSR count). The normalized spacial score (nSPS) is 10.3. The maximum absolute atomic E-state index is 12.2. The van der Waals surface area contributed by atoms with Crippen LogP contribution in [-0.4, -0.2) is 36.0 Å². The number of Topliss-reactive ketones (excluding diaryl/α,β-unsaturated/α-hetero) is 2. The predicted molar refractivity (Wildman–Crippen MR) is 124 cm³/mol. The van der Waals surface area contributed by atoms with E-state index < -0.39 is 24.3 Å². The summed E-state index contributed by atoms with van der Waals surface area (Å²) in [4.78, 5) is 59.5. The molecule has 1 amide bonds. The third-order valence-corrected chi connectivity index (χ3v) is 4.81. The molecule has 1 heterocycles. The van der Waals surface area contributed by atoms with Gasteiger partial charge in [0.25, 0.3) is 0 Å². The molecular formula is C26H23NO8. The van der Waals surface area contributed by atoms with Gasteiger partial charge in [-0.2, -0.15) is 0 Å². The van der Waals surface area contributed by atoms with E-state index >= 15 is 0 Å². The summed E-state index contributed by atoms with van der Waals surface area (Å²) in [5.41, 5.74) is 1.26. The van der Waals surface area contributed by atoms with Crippen LogP contribution in [0, 0.1) is 0 Å². The molecular weight excluding hydrogens is 454 g/mol. The van der Waals surface area contributed by atoms with E-state index in [9.17, 15) is 24.0 Å². The topological polar surface area (TPSA) is 129 Å². The van der Waals surface area contributed by atoms with Gasteiger partial charge in [-0.15, -0.1) is 0 Å². The second kappa shape index (κ2) is 12.1. The lowest BCUT2D eigenvalue weighted by molar-refractivity contribution is -0.142. The molecule has 0 atom stereocenters. The van der Waals surface area contributed by atoms with E-state index in [-0.39, 0.29) is 48.0 Å². The average molecular weight is 477 g/mol. The molecule has 180 valence electrons. The quantitative estimate of drug-likeness (QED) is 0.247. The fourth-order valence-electron chi connectivity index (χ4n) is 3.00. The van der Waals surface area contributed by atoms with Gasteiger partial charge in [0.1, 0.15) is 5.75 Å². The highest BCUT2D eigenvalue weighted by atomic mass is 16.5. The minimum absolute atomic E-state index is 0.0319. The number of rotatable bonds is 11. The molecule has 1 aromatic heterocycles. The molecule has 1 N–H and O–H groups in total. The van der Waals surface area contributed by atoms with Crippen molar-refractivity contribution in [3.8, 4) is 5.75 Å². The molecule has 9 nitrogen and oxygen atoms in total. The van der Waals surface area contributed by atoms with Gasteiger partial charge in [-0.3, -0.25) is 19.2 Å². The van der Waals surface area contributed by atoms with Gasteiger partial charge in [0.05, 0.1) is 6.26 Å². The molecule has 0 fully saturated rings. The van der Waals surface area contributed by atoms with Gasteiger partial charge >= 0.3 is 11.9 Å². The molecule has 0 aliphatic carbocycles. The Hall–Kier alpha value is -4.53. The lowest BCUT2D eigenvalue weighted by atomic mass is 10.1. The van der Waals surface area contributed by atoms with Gasteiger partial charge in [-0.25, -0.2) is 4.79 Å². The summed E-state index contributed by atoms with van der Waals surface area (Å²) >= 11 is 0. The van der Waals surface area contributed by atoms with Crippen molar-refractivity contribution in [1.82, 2.24) is 0 Å². The van der Waals surface area contributed by atoms with E-state index in [1.54, 1.807) is 30.3 Å². The van der Waals surface area contributed by atoms with E-state index in [1.807, 2.05) is 0 Å². The highest BCUT2D eigenvalue weighted by molar-refractivity contribution is 5.98. The van der Waals surface area contributed by atoms with E-state index in [0.29, 0.717) is 11.3 Å². The Morgan fingerprint density at radius 1 is 0.886 bits per heavy atom. The Kier molecular flexibility index (Phi) is 8.66. The van der Waals surface area contributed by atoms with E-state index in [1.165, 1.54) is 43.5 Å². The zero-order valence-corrected chi connectivity index (χ0v) is 18.9. The van der Waals surface area contributed by atoms with Crippen LogP contribution in [0.15, 0.2) is 71.3 Å². The fourth-order valence-corrected chi connectivity index (χ4v) is 3.00. The number of nitrogens with one attached hydrogen (secondary N) is 1. The van der Waals surface area contributed by atoms with Crippen LogP contribution in [-0.2, 0) is 14.3 Å². The van der Waals surface area contributed by atoms with E-state index in [0.717, 1.165) is 0 Å². The Morgan fingerprint density at radius 2 is 1.66 bits per heavy atom. The monoisotopic (exact) mass is 477 g/mol. The lowest BCUT2D eigenvalue weighted by Crippen LogP contribution is -2.15. The number of furan rings is 1. The number of carbonyl (C=O) groups is 5. The zero-order valence-electron chi connectivity index (χ0n) is 18.9. The number of benzene rings is 2. The summed E-state index contributed by atoms with van der Waals surface area (Å²) in [6.45, 7) is 0.987. The van der Waals surface area contributed by atoms with Crippen LogP contribution in [0.5, 0.6) is 5.75 Å². The molecule has 0 saturated carbocycles. The van der Waals surface area contributed by atoms with Gasteiger partial charge in [0.2, 0.25) is 11.7 Å². The first-order valence-electron chi connectivity index (χ1n) is 10.8. The SMILES string of the molecule is CC(=O)c1cccc(NC(=O)CCCC(=O)OCC(=O)c2ccc(OC(=O)c3ccco3)cc2)c1. The van der Waals surface area contributed by atoms with Crippen molar-refractivity contribution < 1.29 is 37.9 Å². The first kappa shape index (κ1) is 25.1. The molecule has 35 heavy (non-hydrogen) atoms. The number of hydrogen-bond donors (Lipinski definition) is 1. The number of ether oxygens (including phenoxy) is 2. The molecule has 0 unspecified atom stereocenters. The van der Waals surface area contributed by atoms with Crippen molar-refractivity contribution in [3.63, 3.8) is 0 Å². The van der Waals surface area contributed by atoms with Gasteiger partial charge in [-0.1, -0.05) is 12.1 Å². The van der Waals surface area contributed by atoms with Crippen molar-refractivity contribution in [2.45, 2.75) is 26.2 Å². The van der Waals surface area contributed by atoms with Crippen molar-refractivity contribution >= 4 is 35.1 Å².